The minimum absolute atomic E-state index is 0.798. The molecular weight excluding hydrogens is 248 g/mol. The van der Waals surface area contributed by atoms with Crippen molar-refractivity contribution in [2.24, 2.45) is 5.73 Å². The lowest BCUT2D eigenvalue weighted by Crippen LogP contribution is -2.32. The third-order valence-electron chi connectivity index (χ3n) is 4.50. The molecule has 0 radical (unpaired) electrons. The van der Waals surface area contributed by atoms with Crippen LogP contribution in [0.1, 0.15) is 30.5 Å². The Labute approximate surface area is 122 Å². The molecule has 1 aromatic rings. The van der Waals surface area contributed by atoms with Crippen molar-refractivity contribution in [1.29, 1.82) is 0 Å². The zero-order valence-corrected chi connectivity index (χ0v) is 12.4. The van der Waals surface area contributed by atoms with Crippen LogP contribution in [-0.4, -0.2) is 49.2 Å². The monoisotopic (exact) mass is 274 g/mol. The summed E-state index contributed by atoms with van der Waals surface area (Å²) in [6.45, 7) is 6.50. The van der Waals surface area contributed by atoms with Crippen molar-refractivity contribution in [3.8, 4) is 0 Å². The van der Waals surface area contributed by atoms with Crippen LogP contribution in [0.5, 0.6) is 0 Å². The van der Waals surface area contributed by atoms with Crippen LogP contribution in [0.3, 0.4) is 0 Å². The molecular formula is C16H26N4. The van der Waals surface area contributed by atoms with Gasteiger partial charge in [-0.1, -0.05) is 6.07 Å². The summed E-state index contributed by atoms with van der Waals surface area (Å²) in [5, 5.41) is 0. The number of hydrogen-bond donors (Lipinski definition) is 1. The summed E-state index contributed by atoms with van der Waals surface area (Å²) in [7, 11) is 0. The lowest BCUT2D eigenvalue weighted by molar-refractivity contribution is 0.291. The van der Waals surface area contributed by atoms with Crippen LogP contribution in [0.2, 0.25) is 0 Å². The fraction of sp³-hybridized carbons (Fsp3) is 0.688. The summed E-state index contributed by atoms with van der Waals surface area (Å²) in [6, 6.07) is 4.52. The Morgan fingerprint density at radius 2 is 2.00 bits per heavy atom. The van der Waals surface area contributed by atoms with Crippen molar-refractivity contribution >= 4 is 5.82 Å². The Kier molecular flexibility index (Phi) is 4.53. The lowest BCUT2D eigenvalue weighted by atomic mass is 10.2. The molecule has 0 saturated carbocycles. The number of aryl methyl sites for hydroxylation is 2. The van der Waals surface area contributed by atoms with E-state index in [1.54, 1.807) is 0 Å². The van der Waals surface area contributed by atoms with Crippen molar-refractivity contribution in [2.75, 3.05) is 44.2 Å². The third kappa shape index (κ3) is 3.13. The molecule has 4 heteroatoms. The van der Waals surface area contributed by atoms with E-state index in [0.29, 0.717) is 0 Å². The molecule has 0 atom stereocenters. The number of hydrogen-bond acceptors (Lipinski definition) is 4. The molecule has 20 heavy (non-hydrogen) atoms. The Hall–Kier alpha value is -1.13. The Balaban J connectivity index is 1.63. The van der Waals surface area contributed by atoms with Gasteiger partial charge in [-0.05, 0) is 63.4 Å². The average molecular weight is 274 g/mol. The maximum atomic E-state index is 5.61. The fourth-order valence-electron chi connectivity index (χ4n) is 3.32. The highest BCUT2D eigenvalue weighted by atomic mass is 15.2. The minimum atomic E-state index is 0.798. The number of nitrogens with two attached hydrogens (primary N) is 1. The summed E-state index contributed by atoms with van der Waals surface area (Å²) >= 11 is 0. The van der Waals surface area contributed by atoms with Gasteiger partial charge in [0.25, 0.3) is 0 Å². The molecule has 0 amide bonds. The zero-order valence-electron chi connectivity index (χ0n) is 12.4. The molecule has 1 saturated heterocycles. The van der Waals surface area contributed by atoms with Gasteiger partial charge in [-0.25, -0.2) is 4.98 Å². The Bertz CT molecular complexity index is 446. The van der Waals surface area contributed by atoms with Crippen LogP contribution in [0.25, 0.3) is 0 Å². The second kappa shape index (κ2) is 6.55. The molecule has 110 valence electrons. The normalized spacial score (nSPS) is 19.9. The maximum absolute atomic E-state index is 5.61. The standard InChI is InChI=1S/C16H26N4/c17-8-2-9-19-10-3-11-20(13-12-19)16-7-6-14-4-1-5-15(14)18-16/h6-7H,1-5,8-13,17H2. The van der Waals surface area contributed by atoms with Crippen molar-refractivity contribution < 1.29 is 0 Å². The van der Waals surface area contributed by atoms with E-state index >= 15 is 0 Å². The van der Waals surface area contributed by atoms with Gasteiger partial charge in [0.15, 0.2) is 0 Å². The third-order valence-corrected chi connectivity index (χ3v) is 4.50. The van der Waals surface area contributed by atoms with E-state index in [1.807, 2.05) is 0 Å². The van der Waals surface area contributed by atoms with Gasteiger partial charge >= 0.3 is 0 Å². The van der Waals surface area contributed by atoms with Crippen molar-refractivity contribution in [1.82, 2.24) is 9.88 Å². The topological polar surface area (TPSA) is 45.4 Å². The zero-order chi connectivity index (χ0) is 13.8. The molecule has 1 aliphatic carbocycles. The van der Waals surface area contributed by atoms with Gasteiger partial charge < -0.3 is 15.5 Å². The van der Waals surface area contributed by atoms with Gasteiger partial charge in [0.1, 0.15) is 5.82 Å². The van der Waals surface area contributed by atoms with Gasteiger partial charge in [0, 0.05) is 25.3 Å². The van der Waals surface area contributed by atoms with Crippen molar-refractivity contribution in [2.45, 2.75) is 32.1 Å². The van der Waals surface area contributed by atoms with E-state index in [4.69, 9.17) is 10.7 Å². The predicted molar refractivity (Wildman–Crippen MR) is 83.2 cm³/mol. The van der Waals surface area contributed by atoms with Crippen LogP contribution in [0, 0.1) is 0 Å². The fourth-order valence-corrected chi connectivity index (χ4v) is 3.32. The molecule has 2 N–H and O–H groups in total. The summed E-state index contributed by atoms with van der Waals surface area (Å²) < 4.78 is 0. The maximum Gasteiger partial charge on any atom is 0.128 e. The molecule has 4 nitrogen and oxygen atoms in total. The molecule has 0 spiro atoms. The Morgan fingerprint density at radius 3 is 2.90 bits per heavy atom. The number of anilines is 1. The largest absolute Gasteiger partial charge is 0.355 e. The molecule has 0 aromatic carbocycles. The lowest BCUT2D eigenvalue weighted by Gasteiger charge is -2.23. The molecule has 1 fully saturated rings. The van der Waals surface area contributed by atoms with Gasteiger partial charge in [0.2, 0.25) is 0 Å². The van der Waals surface area contributed by atoms with Gasteiger partial charge in [-0.3, -0.25) is 0 Å². The first-order chi connectivity index (χ1) is 9.86. The predicted octanol–water partition coefficient (Wildman–Crippen LogP) is 1.43. The van der Waals surface area contributed by atoms with E-state index in [2.05, 4.69) is 21.9 Å². The van der Waals surface area contributed by atoms with Gasteiger partial charge in [0.05, 0.1) is 0 Å². The first-order valence-corrected chi connectivity index (χ1v) is 8.03. The summed E-state index contributed by atoms with van der Waals surface area (Å²) in [5.41, 5.74) is 8.41. The second-order valence-corrected chi connectivity index (χ2v) is 5.95. The van der Waals surface area contributed by atoms with Crippen molar-refractivity contribution in [3.05, 3.63) is 23.4 Å². The molecule has 2 aliphatic rings. The van der Waals surface area contributed by atoms with Crippen LogP contribution < -0.4 is 10.6 Å². The molecule has 3 rings (SSSR count). The first-order valence-electron chi connectivity index (χ1n) is 8.03. The number of fused-ring (bicyclic) bond motifs is 1. The SMILES string of the molecule is NCCCN1CCCN(c2ccc3c(n2)CCC3)CC1. The smallest absolute Gasteiger partial charge is 0.128 e. The van der Waals surface area contributed by atoms with Crippen molar-refractivity contribution in [3.63, 3.8) is 0 Å². The molecule has 2 heterocycles. The van der Waals surface area contributed by atoms with E-state index in [-0.39, 0.29) is 0 Å². The van der Waals surface area contributed by atoms with E-state index in [1.165, 1.54) is 49.3 Å². The number of rotatable bonds is 4. The average Bonchev–Trinajstić information content (AvgIpc) is 2.82. The van der Waals surface area contributed by atoms with E-state index < -0.39 is 0 Å². The second-order valence-electron chi connectivity index (χ2n) is 5.95. The Morgan fingerprint density at radius 1 is 1.05 bits per heavy atom. The number of pyridine rings is 1. The number of aromatic nitrogens is 1. The quantitative estimate of drug-likeness (QED) is 0.902. The van der Waals surface area contributed by atoms with E-state index in [9.17, 15) is 0 Å². The highest BCUT2D eigenvalue weighted by Crippen LogP contribution is 2.23. The van der Waals surface area contributed by atoms with Gasteiger partial charge in [-0.2, -0.15) is 0 Å². The summed E-state index contributed by atoms with van der Waals surface area (Å²) in [5.74, 6) is 1.19. The van der Waals surface area contributed by atoms with Crippen LogP contribution in [0.15, 0.2) is 12.1 Å². The molecule has 0 unspecified atom stereocenters. The molecule has 1 aliphatic heterocycles. The molecule has 0 bridgehead atoms. The van der Waals surface area contributed by atoms with E-state index in [0.717, 1.165) is 39.1 Å². The first kappa shape index (κ1) is 13.8. The van der Waals surface area contributed by atoms with Crippen LogP contribution >= 0.6 is 0 Å². The van der Waals surface area contributed by atoms with Crippen LogP contribution in [0.4, 0.5) is 5.82 Å². The highest BCUT2D eigenvalue weighted by molar-refractivity contribution is 5.43. The summed E-state index contributed by atoms with van der Waals surface area (Å²) in [6.07, 6.45) is 5.99. The highest BCUT2D eigenvalue weighted by Gasteiger charge is 2.18. The van der Waals surface area contributed by atoms with Gasteiger partial charge in [-0.15, -0.1) is 0 Å². The summed E-state index contributed by atoms with van der Waals surface area (Å²) in [4.78, 5) is 9.89. The minimum Gasteiger partial charge on any atom is -0.355 e. The number of nitrogens with zero attached hydrogens (tertiary/aromatic N) is 3. The molecule has 1 aromatic heterocycles. The van der Waals surface area contributed by atoms with Crippen LogP contribution in [-0.2, 0) is 12.8 Å².